The molecule has 100 valence electrons. The molecule has 0 aliphatic heterocycles. The zero-order chi connectivity index (χ0) is 13.5. The molecule has 1 aromatic carbocycles. The van der Waals surface area contributed by atoms with Crippen LogP contribution >= 0.6 is 0 Å². The van der Waals surface area contributed by atoms with Crippen molar-refractivity contribution in [2.45, 2.75) is 26.7 Å². The molecule has 0 saturated carbocycles. The second-order valence-corrected chi connectivity index (χ2v) is 4.28. The fraction of sp³-hybridized carbons (Fsp3) is 0.500. The fourth-order valence-electron chi connectivity index (χ4n) is 1.61. The van der Waals surface area contributed by atoms with Crippen molar-refractivity contribution in [3.8, 4) is 11.5 Å². The number of carbonyl (C=O) groups is 1. The minimum Gasteiger partial charge on any atom is -0.493 e. The Balaban J connectivity index is 2.81. The van der Waals surface area contributed by atoms with Crippen LogP contribution in [-0.2, 0) is 11.2 Å². The maximum absolute atomic E-state index is 10.8. The lowest BCUT2D eigenvalue weighted by atomic mass is 10.0. The fourth-order valence-corrected chi connectivity index (χ4v) is 1.61. The van der Waals surface area contributed by atoms with E-state index in [1.54, 1.807) is 14.0 Å². The van der Waals surface area contributed by atoms with Gasteiger partial charge in [0, 0.05) is 0 Å². The average Bonchev–Trinajstić information content (AvgIpc) is 2.36. The van der Waals surface area contributed by atoms with Gasteiger partial charge in [-0.25, -0.2) is 0 Å². The van der Waals surface area contributed by atoms with Gasteiger partial charge in [0.15, 0.2) is 11.5 Å². The summed E-state index contributed by atoms with van der Waals surface area (Å²) in [7, 11) is 1.58. The first kappa shape index (κ1) is 14.4. The van der Waals surface area contributed by atoms with Gasteiger partial charge in [-0.15, -0.1) is 0 Å². The van der Waals surface area contributed by atoms with E-state index in [4.69, 9.17) is 14.6 Å². The highest BCUT2D eigenvalue weighted by Crippen LogP contribution is 2.29. The summed E-state index contributed by atoms with van der Waals surface area (Å²) in [4.78, 5) is 10.8. The van der Waals surface area contributed by atoms with Gasteiger partial charge < -0.3 is 14.6 Å². The lowest BCUT2D eigenvalue weighted by Crippen LogP contribution is -2.12. The zero-order valence-electron chi connectivity index (χ0n) is 11.1. The first-order chi connectivity index (χ1) is 8.58. The van der Waals surface area contributed by atoms with E-state index in [0.29, 0.717) is 24.5 Å². The van der Waals surface area contributed by atoms with Crippen molar-refractivity contribution in [1.82, 2.24) is 0 Å². The molecule has 4 nitrogen and oxygen atoms in total. The van der Waals surface area contributed by atoms with Crippen molar-refractivity contribution >= 4 is 5.97 Å². The van der Waals surface area contributed by atoms with Crippen molar-refractivity contribution in [2.24, 2.45) is 5.92 Å². The predicted molar refractivity (Wildman–Crippen MR) is 69.3 cm³/mol. The number of benzene rings is 1. The van der Waals surface area contributed by atoms with E-state index in [0.717, 1.165) is 12.0 Å². The Hall–Kier alpha value is -1.71. The molecular formula is C14H20O4. The standard InChI is InChI=1S/C14H20O4/c1-4-7-18-12-6-5-11(9-13(12)17-3)8-10(2)14(15)16/h5-6,9-10H,4,7-8H2,1-3H3,(H,15,16). The van der Waals surface area contributed by atoms with E-state index in [1.807, 2.05) is 25.1 Å². The van der Waals surface area contributed by atoms with Gasteiger partial charge >= 0.3 is 5.97 Å². The molecule has 0 bridgehead atoms. The Morgan fingerprint density at radius 1 is 1.39 bits per heavy atom. The van der Waals surface area contributed by atoms with E-state index in [2.05, 4.69) is 0 Å². The van der Waals surface area contributed by atoms with Gasteiger partial charge in [0.25, 0.3) is 0 Å². The summed E-state index contributed by atoms with van der Waals surface area (Å²) in [6, 6.07) is 5.55. The van der Waals surface area contributed by atoms with E-state index in [9.17, 15) is 4.79 Å². The van der Waals surface area contributed by atoms with Crippen LogP contribution in [0.25, 0.3) is 0 Å². The summed E-state index contributed by atoms with van der Waals surface area (Å²) in [6.07, 6.45) is 1.42. The Bertz CT molecular complexity index is 401. The third-order valence-electron chi connectivity index (χ3n) is 2.65. The largest absolute Gasteiger partial charge is 0.493 e. The maximum Gasteiger partial charge on any atom is 0.306 e. The van der Waals surface area contributed by atoms with Crippen molar-refractivity contribution in [2.75, 3.05) is 13.7 Å². The summed E-state index contributed by atoms with van der Waals surface area (Å²) >= 11 is 0. The topological polar surface area (TPSA) is 55.8 Å². The minimum absolute atomic E-state index is 0.405. The molecule has 0 aromatic heterocycles. The molecule has 0 spiro atoms. The van der Waals surface area contributed by atoms with Gasteiger partial charge in [-0.2, -0.15) is 0 Å². The lowest BCUT2D eigenvalue weighted by Gasteiger charge is -2.12. The third-order valence-corrected chi connectivity index (χ3v) is 2.65. The lowest BCUT2D eigenvalue weighted by molar-refractivity contribution is -0.141. The highest BCUT2D eigenvalue weighted by Gasteiger charge is 2.13. The van der Waals surface area contributed by atoms with Gasteiger partial charge in [0.05, 0.1) is 19.6 Å². The first-order valence-electron chi connectivity index (χ1n) is 6.11. The molecule has 0 radical (unpaired) electrons. The van der Waals surface area contributed by atoms with Crippen molar-refractivity contribution in [3.63, 3.8) is 0 Å². The second kappa shape index (κ2) is 6.89. The van der Waals surface area contributed by atoms with E-state index >= 15 is 0 Å². The molecule has 1 rings (SSSR count). The zero-order valence-corrected chi connectivity index (χ0v) is 11.1. The van der Waals surface area contributed by atoms with Crippen LogP contribution in [0.3, 0.4) is 0 Å². The van der Waals surface area contributed by atoms with Crippen LogP contribution in [0, 0.1) is 5.92 Å². The predicted octanol–water partition coefficient (Wildman–Crippen LogP) is 2.75. The molecule has 0 saturated heterocycles. The number of rotatable bonds is 7. The highest BCUT2D eigenvalue weighted by atomic mass is 16.5. The van der Waals surface area contributed by atoms with Crippen molar-refractivity contribution < 1.29 is 19.4 Å². The van der Waals surface area contributed by atoms with Crippen LogP contribution in [0.4, 0.5) is 0 Å². The molecule has 1 aromatic rings. The SMILES string of the molecule is CCCOc1ccc(CC(C)C(=O)O)cc1OC. The molecule has 0 aliphatic rings. The number of carboxylic acid groups (broad SMARTS) is 1. The Morgan fingerprint density at radius 3 is 2.67 bits per heavy atom. The number of hydrogen-bond acceptors (Lipinski definition) is 3. The molecule has 4 heteroatoms. The summed E-state index contributed by atoms with van der Waals surface area (Å²) in [5, 5.41) is 8.88. The van der Waals surface area contributed by atoms with Crippen LogP contribution in [0.1, 0.15) is 25.8 Å². The number of ether oxygens (including phenoxy) is 2. The average molecular weight is 252 g/mol. The van der Waals surface area contributed by atoms with Crippen LogP contribution in [0.15, 0.2) is 18.2 Å². The van der Waals surface area contributed by atoms with Gasteiger partial charge in [-0.3, -0.25) is 4.79 Å². The smallest absolute Gasteiger partial charge is 0.306 e. The highest BCUT2D eigenvalue weighted by molar-refractivity contribution is 5.70. The quantitative estimate of drug-likeness (QED) is 0.810. The molecule has 18 heavy (non-hydrogen) atoms. The molecule has 1 unspecified atom stereocenters. The van der Waals surface area contributed by atoms with Gasteiger partial charge in [-0.1, -0.05) is 19.9 Å². The summed E-state index contributed by atoms with van der Waals surface area (Å²) in [5.74, 6) is 0.155. The Labute approximate surface area is 108 Å². The molecule has 1 N–H and O–H groups in total. The maximum atomic E-state index is 10.8. The van der Waals surface area contributed by atoms with E-state index in [-0.39, 0.29) is 0 Å². The molecule has 0 heterocycles. The van der Waals surface area contributed by atoms with E-state index in [1.165, 1.54) is 0 Å². The van der Waals surface area contributed by atoms with Gasteiger partial charge in [0.1, 0.15) is 0 Å². The molecular weight excluding hydrogens is 232 g/mol. The molecule has 0 amide bonds. The second-order valence-electron chi connectivity index (χ2n) is 4.28. The number of methoxy groups -OCH3 is 1. The Kier molecular flexibility index (Phi) is 5.49. The minimum atomic E-state index is -0.791. The normalized spacial score (nSPS) is 11.9. The molecule has 1 atom stereocenters. The number of aliphatic carboxylic acids is 1. The third kappa shape index (κ3) is 3.95. The van der Waals surface area contributed by atoms with E-state index < -0.39 is 11.9 Å². The van der Waals surface area contributed by atoms with Gasteiger partial charge in [-0.05, 0) is 30.5 Å². The van der Waals surface area contributed by atoms with Crippen LogP contribution in [-0.4, -0.2) is 24.8 Å². The molecule has 0 aliphatic carbocycles. The van der Waals surface area contributed by atoms with Crippen LogP contribution in [0.5, 0.6) is 11.5 Å². The van der Waals surface area contributed by atoms with Crippen molar-refractivity contribution in [1.29, 1.82) is 0 Å². The monoisotopic (exact) mass is 252 g/mol. The summed E-state index contributed by atoms with van der Waals surface area (Å²) in [5.41, 5.74) is 0.936. The summed E-state index contributed by atoms with van der Waals surface area (Å²) < 4.78 is 10.8. The van der Waals surface area contributed by atoms with Gasteiger partial charge in [0.2, 0.25) is 0 Å². The molecule has 0 fully saturated rings. The first-order valence-corrected chi connectivity index (χ1v) is 6.11. The Morgan fingerprint density at radius 2 is 2.11 bits per heavy atom. The van der Waals surface area contributed by atoms with Crippen LogP contribution < -0.4 is 9.47 Å². The van der Waals surface area contributed by atoms with Crippen molar-refractivity contribution in [3.05, 3.63) is 23.8 Å². The summed E-state index contributed by atoms with van der Waals surface area (Å²) in [6.45, 7) is 4.37. The number of carboxylic acids is 1. The van der Waals surface area contributed by atoms with Crippen LogP contribution in [0.2, 0.25) is 0 Å². The number of hydrogen-bond donors (Lipinski definition) is 1.